The Balaban J connectivity index is 2.21. The molecule has 1 nitrogen and oxygen atoms in total. The van der Waals surface area contributed by atoms with Crippen LogP contribution in [0.2, 0.25) is 5.02 Å². The SMILES string of the molecule is FC(F)(F)c1ccc(Oc2ccc(CCl)cc2)c(Cl)c1. The summed E-state index contributed by atoms with van der Waals surface area (Å²) < 4.78 is 42.9. The summed E-state index contributed by atoms with van der Waals surface area (Å²) in [6, 6.07) is 9.83. The van der Waals surface area contributed by atoms with Gasteiger partial charge in [-0.15, -0.1) is 11.6 Å². The molecule has 106 valence electrons. The van der Waals surface area contributed by atoms with Crippen LogP contribution < -0.4 is 4.74 Å². The first-order valence-corrected chi connectivity index (χ1v) is 6.51. The van der Waals surface area contributed by atoms with Crippen LogP contribution >= 0.6 is 23.2 Å². The van der Waals surface area contributed by atoms with Crippen LogP contribution in [0.5, 0.6) is 11.5 Å². The molecular formula is C14H9Cl2F3O. The Labute approximate surface area is 123 Å². The van der Waals surface area contributed by atoms with E-state index >= 15 is 0 Å². The smallest absolute Gasteiger partial charge is 0.416 e. The van der Waals surface area contributed by atoms with Gasteiger partial charge in [0.05, 0.1) is 10.6 Å². The summed E-state index contributed by atoms with van der Waals surface area (Å²) in [5.74, 6) is 1.01. The quantitative estimate of drug-likeness (QED) is 0.641. The lowest BCUT2D eigenvalue weighted by Crippen LogP contribution is -2.04. The van der Waals surface area contributed by atoms with Gasteiger partial charge in [-0.05, 0) is 35.9 Å². The van der Waals surface area contributed by atoms with Gasteiger partial charge in [0.2, 0.25) is 0 Å². The van der Waals surface area contributed by atoms with E-state index in [2.05, 4.69) is 0 Å². The molecular weight excluding hydrogens is 312 g/mol. The highest BCUT2D eigenvalue weighted by Crippen LogP contribution is 2.36. The van der Waals surface area contributed by atoms with Crippen molar-refractivity contribution in [3.05, 3.63) is 58.6 Å². The Morgan fingerprint density at radius 3 is 2.15 bits per heavy atom. The molecule has 0 amide bonds. The Morgan fingerprint density at radius 1 is 1.00 bits per heavy atom. The molecule has 0 spiro atoms. The Hall–Kier alpha value is -1.39. The molecule has 0 bridgehead atoms. The largest absolute Gasteiger partial charge is 0.456 e. The zero-order valence-electron chi connectivity index (χ0n) is 10.0. The van der Waals surface area contributed by atoms with Crippen LogP contribution in [-0.2, 0) is 12.1 Å². The zero-order chi connectivity index (χ0) is 14.8. The average molecular weight is 321 g/mol. The fourth-order valence-electron chi connectivity index (χ4n) is 1.53. The van der Waals surface area contributed by atoms with Crippen molar-refractivity contribution in [1.29, 1.82) is 0 Å². The third-order valence-electron chi connectivity index (χ3n) is 2.56. The molecule has 0 atom stereocenters. The third kappa shape index (κ3) is 3.58. The highest BCUT2D eigenvalue weighted by molar-refractivity contribution is 6.32. The van der Waals surface area contributed by atoms with Gasteiger partial charge in [-0.3, -0.25) is 0 Å². The van der Waals surface area contributed by atoms with Crippen LogP contribution in [0.15, 0.2) is 42.5 Å². The molecule has 2 rings (SSSR count). The number of alkyl halides is 4. The Kier molecular flexibility index (Phi) is 4.45. The van der Waals surface area contributed by atoms with Gasteiger partial charge in [0.25, 0.3) is 0 Å². The van der Waals surface area contributed by atoms with E-state index in [1.54, 1.807) is 24.3 Å². The maximum absolute atomic E-state index is 12.5. The molecule has 20 heavy (non-hydrogen) atoms. The molecule has 0 fully saturated rings. The first-order valence-electron chi connectivity index (χ1n) is 5.59. The van der Waals surface area contributed by atoms with Gasteiger partial charge in [-0.2, -0.15) is 13.2 Å². The van der Waals surface area contributed by atoms with Gasteiger partial charge in [-0.25, -0.2) is 0 Å². The molecule has 0 radical (unpaired) electrons. The van der Waals surface area contributed by atoms with Crippen molar-refractivity contribution >= 4 is 23.2 Å². The molecule has 0 aromatic heterocycles. The molecule has 6 heteroatoms. The van der Waals surface area contributed by atoms with Gasteiger partial charge in [0.1, 0.15) is 11.5 Å². The van der Waals surface area contributed by atoms with Crippen LogP contribution in [-0.4, -0.2) is 0 Å². The summed E-state index contributed by atoms with van der Waals surface area (Å²) >= 11 is 11.5. The zero-order valence-corrected chi connectivity index (χ0v) is 11.6. The molecule has 0 heterocycles. The minimum absolute atomic E-state index is 0.0961. The maximum Gasteiger partial charge on any atom is 0.416 e. The second kappa shape index (κ2) is 5.94. The third-order valence-corrected chi connectivity index (χ3v) is 3.17. The standard InChI is InChI=1S/C14H9Cl2F3O/c15-8-9-1-4-11(5-2-9)20-13-6-3-10(7-12(13)16)14(17,18)19/h1-7H,8H2. The second-order valence-electron chi connectivity index (χ2n) is 4.02. The summed E-state index contributed by atoms with van der Waals surface area (Å²) in [6.45, 7) is 0. The summed E-state index contributed by atoms with van der Waals surface area (Å²) in [5.41, 5.74) is 0.102. The van der Waals surface area contributed by atoms with Crippen molar-refractivity contribution in [1.82, 2.24) is 0 Å². The molecule has 0 aliphatic carbocycles. The minimum atomic E-state index is -4.43. The van der Waals surface area contributed by atoms with Crippen molar-refractivity contribution in [3.8, 4) is 11.5 Å². The van der Waals surface area contributed by atoms with Crippen molar-refractivity contribution in [2.75, 3.05) is 0 Å². The molecule has 0 saturated heterocycles. The number of ether oxygens (including phenoxy) is 1. The predicted octanol–water partition coefficient (Wildman–Crippen LogP) is 5.89. The van der Waals surface area contributed by atoms with E-state index in [0.29, 0.717) is 11.6 Å². The highest BCUT2D eigenvalue weighted by atomic mass is 35.5. The van der Waals surface area contributed by atoms with Gasteiger partial charge >= 0.3 is 6.18 Å². The molecule has 0 saturated carbocycles. The molecule has 2 aromatic rings. The molecule has 0 unspecified atom stereocenters. The van der Waals surface area contributed by atoms with Gasteiger partial charge in [0, 0.05) is 5.88 Å². The van der Waals surface area contributed by atoms with E-state index in [0.717, 1.165) is 17.7 Å². The topological polar surface area (TPSA) is 9.23 Å². The van der Waals surface area contributed by atoms with Crippen molar-refractivity contribution in [3.63, 3.8) is 0 Å². The summed E-state index contributed by atoms with van der Waals surface area (Å²) in [5, 5.41) is -0.0961. The second-order valence-corrected chi connectivity index (χ2v) is 4.70. The van der Waals surface area contributed by atoms with Crippen LogP contribution in [0.4, 0.5) is 13.2 Å². The summed E-state index contributed by atoms with van der Waals surface area (Å²) in [7, 11) is 0. The normalized spacial score (nSPS) is 11.4. The lowest BCUT2D eigenvalue weighted by molar-refractivity contribution is -0.137. The van der Waals surface area contributed by atoms with Crippen molar-refractivity contribution in [2.45, 2.75) is 12.1 Å². The van der Waals surface area contributed by atoms with E-state index < -0.39 is 11.7 Å². The number of hydrogen-bond acceptors (Lipinski definition) is 1. The highest BCUT2D eigenvalue weighted by Gasteiger charge is 2.31. The monoisotopic (exact) mass is 320 g/mol. The van der Waals surface area contributed by atoms with Crippen molar-refractivity contribution < 1.29 is 17.9 Å². The predicted molar refractivity (Wildman–Crippen MR) is 72.5 cm³/mol. The maximum atomic E-state index is 12.5. The summed E-state index contributed by atoms with van der Waals surface area (Å²) in [6.07, 6.45) is -4.43. The van der Waals surface area contributed by atoms with E-state index in [-0.39, 0.29) is 10.8 Å². The van der Waals surface area contributed by atoms with E-state index in [9.17, 15) is 13.2 Å². The lowest BCUT2D eigenvalue weighted by Gasteiger charge is -2.11. The Bertz CT molecular complexity index is 594. The van der Waals surface area contributed by atoms with E-state index in [4.69, 9.17) is 27.9 Å². The van der Waals surface area contributed by atoms with Crippen molar-refractivity contribution in [2.24, 2.45) is 0 Å². The average Bonchev–Trinajstić information content (AvgIpc) is 2.41. The lowest BCUT2D eigenvalue weighted by atomic mass is 10.2. The summed E-state index contributed by atoms with van der Waals surface area (Å²) in [4.78, 5) is 0. The van der Waals surface area contributed by atoms with E-state index in [1.165, 1.54) is 6.07 Å². The van der Waals surface area contributed by atoms with Crippen LogP contribution in [0.3, 0.4) is 0 Å². The Morgan fingerprint density at radius 2 is 1.65 bits per heavy atom. The number of benzene rings is 2. The number of halogens is 5. The van der Waals surface area contributed by atoms with Gasteiger partial charge in [-0.1, -0.05) is 23.7 Å². The number of rotatable bonds is 3. The van der Waals surface area contributed by atoms with E-state index in [1.807, 2.05) is 0 Å². The van der Waals surface area contributed by atoms with Crippen LogP contribution in [0.25, 0.3) is 0 Å². The first-order chi connectivity index (χ1) is 9.40. The number of hydrogen-bond donors (Lipinski definition) is 0. The van der Waals surface area contributed by atoms with Crippen LogP contribution in [0, 0.1) is 0 Å². The van der Waals surface area contributed by atoms with Crippen LogP contribution in [0.1, 0.15) is 11.1 Å². The molecule has 0 aliphatic rings. The fraction of sp³-hybridized carbons (Fsp3) is 0.143. The molecule has 0 aliphatic heterocycles. The molecule has 0 N–H and O–H groups in total. The minimum Gasteiger partial charge on any atom is -0.456 e. The molecule has 2 aromatic carbocycles. The fourth-order valence-corrected chi connectivity index (χ4v) is 1.93. The first kappa shape index (κ1) is 15.0. The van der Waals surface area contributed by atoms with Gasteiger partial charge in [0.15, 0.2) is 0 Å². The van der Waals surface area contributed by atoms with Gasteiger partial charge < -0.3 is 4.74 Å².